The summed E-state index contributed by atoms with van der Waals surface area (Å²) >= 11 is 0. The molecule has 0 heterocycles. The molecule has 0 aliphatic carbocycles. The lowest BCUT2D eigenvalue weighted by molar-refractivity contribution is -0.386. The van der Waals surface area contributed by atoms with Crippen LogP contribution in [0.2, 0.25) is 0 Å². The van der Waals surface area contributed by atoms with Crippen molar-refractivity contribution in [2.75, 3.05) is 0 Å². The van der Waals surface area contributed by atoms with Crippen LogP contribution in [0.3, 0.4) is 0 Å². The lowest BCUT2D eigenvalue weighted by atomic mass is 10.1. The first-order valence-electron chi connectivity index (χ1n) is 4.11. The van der Waals surface area contributed by atoms with Gasteiger partial charge >= 0.3 is 5.69 Å². The van der Waals surface area contributed by atoms with Crippen molar-refractivity contribution in [3.63, 3.8) is 0 Å². The predicted molar refractivity (Wildman–Crippen MR) is 50.8 cm³/mol. The van der Waals surface area contributed by atoms with E-state index in [-0.39, 0.29) is 17.8 Å². The second-order valence-corrected chi connectivity index (χ2v) is 3.08. The molecule has 0 atom stereocenters. The molecule has 0 aliphatic rings. The summed E-state index contributed by atoms with van der Waals surface area (Å²) in [4.78, 5) is 20.4. The Balaban J connectivity index is 3.28. The van der Waals surface area contributed by atoms with E-state index in [9.17, 15) is 20.0 Å². The zero-order valence-electron chi connectivity index (χ0n) is 7.93. The maximum Gasteiger partial charge on any atom is 0.352 e. The summed E-state index contributed by atoms with van der Waals surface area (Å²) in [5.41, 5.74) is -0.638. The number of carbonyl (C=O) groups is 1. The average molecular weight is 211 g/mol. The fraction of sp³-hybridized carbons (Fsp3) is 0.222. The van der Waals surface area contributed by atoms with Crippen LogP contribution in [0.15, 0.2) is 12.1 Å². The van der Waals surface area contributed by atoms with Crippen molar-refractivity contribution in [2.45, 2.75) is 13.3 Å². The second kappa shape index (κ2) is 3.95. The fourth-order valence-corrected chi connectivity index (χ4v) is 1.20. The minimum absolute atomic E-state index is 0.104. The Morgan fingerprint density at radius 3 is 2.53 bits per heavy atom. The number of rotatable bonds is 3. The maximum atomic E-state index is 10.8. The Bertz CT molecular complexity index is 427. The van der Waals surface area contributed by atoms with Gasteiger partial charge in [-0.2, -0.15) is 0 Å². The number of phenolic OH excluding ortho intramolecular Hbond substituents is 2. The third kappa shape index (κ3) is 2.22. The molecule has 2 N–H and O–H groups in total. The van der Waals surface area contributed by atoms with Gasteiger partial charge in [0.05, 0.1) is 4.92 Å². The summed E-state index contributed by atoms with van der Waals surface area (Å²) < 4.78 is 0. The molecular weight excluding hydrogens is 202 g/mol. The highest BCUT2D eigenvalue weighted by atomic mass is 16.6. The van der Waals surface area contributed by atoms with Gasteiger partial charge in [0, 0.05) is 12.0 Å². The Morgan fingerprint density at radius 2 is 2.07 bits per heavy atom. The van der Waals surface area contributed by atoms with E-state index in [4.69, 9.17) is 5.11 Å². The Kier molecular flexibility index (Phi) is 2.89. The van der Waals surface area contributed by atoms with Crippen molar-refractivity contribution >= 4 is 11.5 Å². The molecule has 0 spiro atoms. The number of benzene rings is 1. The number of aromatic hydroxyl groups is 2. The molecule has 15 heavy (non-hydrogen) atoms. The van der Waals surface area contributed by atoms with E-state index in [2.05, 4.69) is 0 Å². The molecule has 1 rings (SSSR count). The molecule has 6 heteroatoms. The Labute approximate surface area is 84.9 Å². The summed E-state index contributed by atoms with van der Waals surface area (Å²) in [5.74, 6) is -1.51. The molecule has 0 amide bonds. The van der Waals surface area contributed by atoms with Gasteiger partial charge in [0.1, 0.15) is 5.78 Å². The quantitative estimate of drug-likeness (QED) is 0.576. The van der Waals surface area contributed by atoms with Crippen molar-refractivity contribution in [1.29, 1.82) is 0 Å². The van der Waals surface area contributed by atoms with Crippen molar-refractivity contribution in [2.24, 2.45) is 0 Å². The predicted octanol–water partition coefficient (Wildman–Crippen LogP) is 1.14. The van der Waals surface area contributed by atoms with Crippen LogP contribution in [0.1, 0.15) is 12.5 Å². The van der Waals surface area contributed by atoms with Crippen LogP contribution in [-0.4, -0.2) is 20.9 Å². The Morgan fingerprint density at radius 1 is 1.47 bits per heavy atom. The first-order valence-corrected chi connectivity index (χ1v) is 4.11. The van der Waals surface area contributed by atoms with Crippen LogP contribution in [0.5, 0.6) is 11.5 Å². The molecule has 80 valence electrons. The van der Waals surface area contributed by atoms with Gasteiger partial charge in [-0.05, 0) is 13.0 Å². The molecule has 0 saturated carbocycles. The summed E-state index contributed by atoms with van der Waals surface area (Å²) in [6.45, 7) is 1.30. The monoisotopic (exact) mass is 211 g/mol. The van der Waals surface area contributed by atoms with Gasteiger partial charge in [-0.3, -0.25) is 14.9 Å². The normalized spacial score (nSPS) is 9.93. The zero-order valence-corrected chi connectivity index (χ0v) is 7.93. The number of nitrogens with zero attached hydrogens (tertiary/aromatic N) is 1. The summed E-state index contributed by atoms with van der Waals surface area (Å²) in [5, 5.41) is 29.1. The topological polar surface area (TPSA) is 101 Å². The smallest absolute Gasteiger partial charge is 0.352 e. The second-order valence-electron chi connectivity index (χ2n) is 3.08. The third-order valence-electron chi connectivity index (χ3n) is 1.84. The first-order chi connectivity index (χ1) is 6.93. The van der Waals surface area contributed by atoms with Gasteiger partial charge in [-0.15, -0.1) is 0 Å². The Hall–Kier alpha value is -2.11. The maximum absolute atomic E-state index is 10.8. The van der Waals surface area contributed by atoms with Crippen LogP contribution in [-0.2, 0) is 11.2 Å². The highest BCUT2D eigenvalue weighted by molar-refractivity contribution is 5.80. The molecule has 1 aromatic rings. The van der Waals surface area contributed by atoms with E-state index in [1.54, 1.807) is 0 Å². The minimum atomic E-state index is -0.895. The number of hydrogen-bond donors (Lipinski definition) is 2. The number of Topliss-reactive ketones (excluding diaryl/α,β-unsaturated/α-hetero) is 1. The molecular formula is C9H9NO5. The summed E-state index contributed by atoms with van der Waals surface area (Å²) in [7, 11) is 0. The molecule has 0 saturated heterocycles. The standard InChI is InChI=1S/C9H9NO5/c1-5(11)4-6-2-3-7(12)8(9(6)13)10(14)15/h2-3,12-13H,4H2,1H3. The highest BCUT2D eigenvalue weighted by Crippen LogP contribution is 2.37. The van der Waals surface area contributed by atoms with Gasteiger partial charge in [-0.25, -0.2) is 0 Å². The van der Waals surface area contributed by atoms with Crippen molar-refractivity contribution in [3.05, 3.63) is 27.8 Å². The van der Waals surface area contributed by atoms with Crippen LogP contribution in [0.4, 0.5) is 5.69 Å². The number of ketones is 1. The molecule has 1 aromatic carbocycles. The van der Waals surface area contributed by atoms with Crippen LogP contribution in [0, 0.1) is 10.1 Å². The summed E-state index contributed by atoms with van der Waals surface area (Å²) in [6.07, 6.45) is -0.104. The van der Waals surface area contributed by atoms with E-state index in [1.807, 2.05) is 0 Å². The van der Waals surface area contributed by atoms with Crippen molar-refractivity contribution in [1.82, 2.24) is 0 Å². The van der Waals surface area contributed by atoms with Gasteiger partial charge in [0.15, 0.2) is 5.75 Å². The lowest BCUT2D eigenvalue weighted by Crippen LogP contribution is -1.99. The number of hydrogen-bond acceptors (Lipinski definition) is 5. The molecule has 0 unspecified atom stereocenters. The molecule has 0 bridgehead atoms. The van der Waals surface area contributed by atoms with Crippen LogP contribution < -0.4 is 0 Å². The summed E-state index contributed by atoms with van der Waals surface area (Å²) in [6, 6.07) is 2.36. The van der Waals surface area contributed by atoms with Gasteiger partial charge in [0.2, 0.25) is 5.75 Å². The molecule has 0 aliphatic heterocycles. The number of nitro groups is 1. The zero-order chi connectivity index (χ0) is 11.6. The van der Waals surface area contributed by atoms with E-state index in [0.29, 0.717) is 0 Å². The largest absolute Gasteiger partial charge is 0.502 e. The number of carbonyl (C=O) groups excluding carboxylic acids is 1. The molecule has 6 nitrogen and oxygen atoms in total. The number of phenols is 2. The lowest BCUT2D eigenvalue weighted by Gasteiger charge is -2.03. The SMILES string of the molecule is CC(=O)Cc1ccc(O)c([N+](=O)[O-])c1O. The van der Waals surface area contributed by atoms with E-state index in [0.717, 1.165) is 6.07 Å². The average Bonchev–Trinajstić information content (AvgIpc) is 2.09. The van der Waals surface area contributed by atoms with Gasteiger partial charge in [0.25, 0.3) is 0 Å². The van der Waals surface area contributed by atoms with Gasteiger partial charge in [-0.1, -0.05) is 6.07 Å². The van der Waals surface area contributed by atoms with Crippen molar-refractivity contribution < 1.29 is 19.9 Å². The fourth-order valence-electron chi connectivity index (χ4n) is 1.20. The third-order valence-corrected chi connectivity index (χ3v) is 1.84. The first kappa shape index (κ1) is 11.0. The van der Waals surface area contributed by atoms with E-state index in [1.165, 1.54) is 13.0 Å². The van der Waals surface area contributed by atoms with E-state index >= 15 is 0 Å². The van der Waals surface area contributed by atoms with E-state index < -0.39 is 22.1 Å². The number of nitro benzene ring substituents is 1. The van der Waals surface area contributed by atoms with Crippen LogP contribution >= 0.6 is 0 Å². The molecule has 0 fully saturated rings. The highest BCUT2D eigenvalue weighted by Gasteiger charge is 2.22. The minimum Gasteiger partial charge on any atom is -0.502 e. The molecule has 0 radical (unpaired) electrons. The molecule has 0 aromatic heterocycles. The van der Waals surface area contributed by atoms with Crippen LogP contribution in [0.25, 0.3) is 0 Å². The van der Waals surface area contributed by atoms with Gasteiger partial charge < -0.3 is 10.2 Å². The van der Waals surface area contributed by atoms with Crippen molar-refractivity contribution in [3.8, 4) is 11.5 Å².